The van der Waals surface area contributed by atoms with Gasteiger partial charge in [0.05, 0.1) is 41.1 Å². The van der Waals surface area contributed by atoms with Crippen molar-refractivity contribution in [3.63, 3.8) is 0 Å². The molecule has 0 bridgehead atoms. The van der Waals surface area contributed by atoms with E-state index in [2.05, 4.69) is 50.1 Å². The van der Waals surface area contributed by atoms with Crippen molar-refractivity contribution in [2.75, 3.05) is 20.8 Å². The molecule has 0 spiro atoms. The number of rotatable bonds is 11. The minimum atomic E-state index is -0.808. The zero-order chi connectivity index (χ0) is 34.7. The van der Waals surface area contributed by atoms with Crippen LogP contribution in [0, 0.1) is 0 Å². The Kier molecular flexibility index (Phi) is 10.7. The molecule has 0 amide bonds. The van der Waals surface area contributed by atoms with E-state index in [-0.39, 0.29) is 12.2 Å². The lowest BCUT2D eigenvalue weighted by molar-refractivity contribution is -0.139. The normalized spacial score (nSPS) is 14.4. The molecule has 1 aliphatic rings. The van der Waals surface area contributed by atoms with Crippen molar-refractivity contribution in [2.45, 2.75) is 39.3 Å². The lowest BCUT2D eigenvalue weighted by Gasteiger charge is -2.27. The number of allylic oxidation sites excluding steroid dienone is 1. The summed E-state index contributed by atoms with van der Waals surface area (Å²) in [6, 6.07) is 22.8. The molecule has 252 valence electrons. The second-order valence-corrected chi connectivity index (χ2v) is 14.0. The van der Waals surface area contributed by atoms with Crippen molar-refractivity contribution in [3.8, 4) is 17.2 Å². The van der Waals surface area contributed by atoms with Crippen molar-refractivity contribution >= 4 is 66.0 Å². The first-order valence-electron chi connectivity index (χ1n) is 15.8. The molecule has 0 radical (unpaired) electrons. The van der Waals surface area contributed by atoms with E-state index in [0.717, 1.165) is 32.8 Å². The molecule has 49 heavy (non-hydrogen) atoms. The first-order valence-corrected chi connectivity index (χ1v) is 18.2. The number of fused-ring (bicyclic) bond motifs is 2. The predicted octanol–water partition coefficient (Wildman–Crippen LogP) is 7.85. The maximum absolute atomic E-state index is 14.3. The molecule has 1 atom stereocenters. The number of halogens is 2. The average Bonchev–Trinajstić information content (AvgIpc) is 3.40. The van der Waals surface area contributed by atoms with Gasteiger partial charge in [-0.2, -0.15) is 0 Å². The SMILES string of the molecule is CCCC1=C(C(=O)OCC)[C@@H](c2cc(Br)ccc2OC)n2c(s/c(=C/c3cc(Br)c(OCc4cccc5ccccc45)c(OC)c3)c2=O)=N1. The lowest BCUT2D eigenvalue weighted by Crippen LogP contribution is -2.40. The summed E-state index contributed by atoms with van der Waals surface area (Å²) >= 11 is 8.51. The highest BCUT2D eigenvalue weighted by atomic mass is 79.9. The summed E-state index contributed by atoms with van der Waals surface area (Å²) in [7, 11) is 3.15. The number of aromatic nitrogens is 1. The Morgan fingerprint density at radius 3 is 2.51 bits per heavy atom. The molecule has 0 fully saturated rings. The van der Waals surface area contributed by atoms with Gasteiger partial charge in [-0.3, -0.25) is 9.36 Å². The number of hydrogen-bond donors (Lipinski definition) is 0. The van der Waals surface area contributed by atoms with Crippen LogP contribution in [-0.2, 0) is 16.1 Å². The monoisotopic (exact) mass is 804 g/mol. The average molecular weight is 807 g/mol. The van der Waals surface area contributed by atoms with Gasteiger partial charge in [0.1, 0.15) is 18.4 Å². The van der Waals surface area contributed by atoms with Crippen LogP contribution in [-0.4, -0.2) is 31.4 Å². The fourth-order valence-corrected chi connectivity index (χ4v) is 7.99. The van der Waals surface area contributed by atoms with Crippen LogP contribution in [0.15, 0.2) is 103 Å². The van der Waals surface area contributed by atoms with Gasteiger partial charge in [0, 0.05) is 10.0 Å². The Balaban J connectivity index is 1.45. The van der Waals surface area contributed by atoms with E-state index in [0.29, 0.717) is 60.9 Å². The van der Waals surface area contributed by atoms with Gasteiger partial charge in [0.15, 0.2) is 16.3 Å². The van der Waals surface area contributed by atoms with E-state index in [1.165, 1.54) is 11.3 Å². The Labute approximate surface area is 304 Å². The van der Waals surface area contributed by atoms with Gasteiger partial charge in [-0.15, -0.1) is 0 Å². The molecule has 0 saturated carbocycles. The van der Waals surface area contributed by atoms with Crippen LogP contribution in [0.5, 0.6) is 17.2 Å². The molecule has 4 aromatic carbocycles. The molecule has 0 aliphatic carbocycles. The van der Waals surface area contributed by atoms with Crippen molar-refractivity contribution in [1.82, 2.24) is 4.57 Å². The van der Waals surface area contributed by atoms with Gasteiger partial charge >= 0.3 is 5.97 Å². The van der Waals surface area contributed by atoms with Crippen LogP contribution in [0.1, 0.15) is 49.4 Å². The molecule has 0 N–H and O–H groups in total. The van der Waals surface area contributed by atoms with Gasteiger partial charge in [-0.25, -0.2) is 9.79 Å². The van der Waals surface area contributed by atoms with Crippen molar-refractivity contribution in [2.24, 2.45) is 4.99 Å². The second kappa shape index (κ2) is 15.1. The molecule has 11 heteroatoms. The van der Waals surface area contributed by atoms with Gasteiger partial charge in [0.2, 0.25) is 0 Å². The molecule has 2 heterocycles. The van der Waals surface area contributed by atoms with E-state index >= 15 is 0 Å². The van der Waals surface area contributed by atoms with Gasteiger partial charge in [-0.1, -0.05) is 83.1 Å². The molecule has 6 rings (SSSR count). The van der Waals surface area contributed by atoms with Crippen molar-refractivity contribution in [3.05, 3.63) is 129 Å². The molecule has 0 saturated heterocycles. The largest absolute Gasteiger partial charge is 0.496 e. The number of methoxy groups -OCH3 is 2. The Bertz CT molecular complexity index is 2270. The Morgan fingerprint density at radius 1 is 0.980 bits per heavy atom. The van der Waals surface area contributed by atoms with Crippen LogP contribution in [0.3, 0.4) is 0 Å². The summed E-state index contributed by atoms with van der Waals surface area (Å²) in [5, 5.41) is 2.27. The topological polar surface area (TPSA) is 88.4 Å². The third-order valence-corrected chi connectivity index (χ3v) is 10.2. The zero-order valence-electron chi connectivity index (χ0n) is 27.4. The number of thiazole rings is 1. The molecule has 5 aromatic rings. The van der Waals surface area contributed by atoms with Crippen molar-refractivity contribution < 1.29 is 23.7 Å². The first kappa shape index (κ1) is 34.7. The summed E-state index contributed by atoms with van der Waals surface area (Å²) in [6.07, 6.45) is 3.09. The second-order valence-electron chi connectivity index (χ2n) is 11.3. The highest BCUT2D eigenvalue weighted by Crippen LogP contribution is 2.39. The number of ether oxygens (including phenoxy) is 4. The number of benzene rings is 4. The van der Waals surface area contributed by atoms with Crippen LogP contribution in [0.4, 0.5) is 0 Å². The highest BCUT2D eigenvalue weighted by Gasteiger charge is 2.36. The van der Waals surface area contributed by atoms with E-state index in [4.69, 9.17) is 23.9 Å². The summed E-state index contributed by atoms with van der Waals surface area (Å²) in [4.78, 5) is 33.3. The van der Waals surface area contributed by atoms with Crippen LogP contribution in [0.2, 0.25) is 0 Å². The number of nitrogens with zero attached hydrogens (tertiary/aromatic N) is 2. The first-order chi connectivity index (χ1) is 23.8. The predicted molar refractivity (Wildman–Crippen MR) is 199 cm³/mol. The number of carbonyl (C=O) groups excluding carboxylic acids is 1. The van der Waals surface area contributed by atoms with Crippen LogP contribution in [0.25, 0.3) is 16.8 Å². The van der Waals surface area contributed by atoms with E-state index in [1.807, 2.05) is 61.5 Å². The number of esters is 1. The minimum absolute atomic E-state index is 0.187. The number of carbonyl (C=O) groups is 1. The fourth-order valence-electron chi connectivity index (χ4n) is 6.02. The standard InChI is InChI=1S/C38H34Br2N2O6S/c1-5-10-29-33(37(44)47-6-2)34(27-20-25(39)15-16-30(27)45-3)42-36(43)32(49-38(42)41-29)19-22-17-28(40)35(31(18-22)46-4)48-21-24-13-9-12-23-11-7-8-14-26(23)24/h7-9,11-20,34H,5-6,10,21H2,1-4H3/b32-19+/t34-/m1/s1. The van der Waals surface area contributed by atoms with Gasteiger partial charge < -0.3 is 18.9 Å². The Hall–Kier alpha value is -4.19. The molecule has 1 aromatic heterocycles. The summed E-state index contributed by atoms with van der Waals surface area (Å²) in [5.74, 6) is 1.10. The van der Waals surface area contributed by atoms with E-state index < -0.39 is 12.0 Å². The third kappa shape index (κ3) is 6.97. The molecular weight excluding hydrogens is 772 g/mol. The number of hydrogen-bond acceptors (Lipinski definition) is 8. The maximum atomic E-state index is 14.3. The zero-order valence-corrected chi connectivity index (χ0v) is 31.4. The lowest BCUT2D eigenvalue weighted by atomic mass is 9.93. The highest BCUT2D eigenvalue weighted by molar-refractivity contribution is 9.10. The Morgan fingerprint density at radius 2 is 1.76 bits per heavy atom. The molecule has 1 aliphatic heterocycles. The van der Waals surface area contributed by atoms with Crippen LogP contribution < -0.4 is 29.1 Å². The smallest absolute Gasteiger partial charge is 0.338 e. The molecule has 0 unspecified atom stereocenters. The summed E-state index contributed by atoms with van der Waals surface area (Å²) in [5.41, 5.74) is 3.06. The maximum Gasteiger partial charge on any atom is 0.338 e. The molecular formula is C38H34Br2N2O6S. The molecule has 8 nitrogen and oxygen atoms in total. The minimum Gasteiger partial charge on any atom is -0.496 e. The quantitative estimate of drug-likeness (QED) is 0.127. The fraction of sp³-hybridized carbons (Fsp3) is 0.237. The van der Waals surface area contributed by atoms with E-state index in [1.54, 1.807) is 31.8 Å². The van der Waals surface area contributed by atoms with Gasteiger partial charge in [0.25, 0.3) is 5.56 Å². The summed E-state index contributed by atoms with van der Waals surface area (Å²) in [6.45, 7) is 4.31. The van der Waals surface area contributed by atoms with Gasteiger partial charge in [-0.05, 0) is 87.6 Å². The van der Waals surface area contributed by atoms with Crippen molar-refractivity contribution in [1.29, 1.82) is 0 Å². The summed E-state index contributed by atoms with van der Waals surface area (Å²) < 4.78 is 26.8. The van der Waals surface area contributed by atoms with Crippen LogP contribution >= 0.6 is 43.2 Å². The third-order valence-electron chi connectivity index (χ3n) is 8.18. The van der Waals surface area contributed by atoms with E-state index in [9.17, 15) is 9.59 Å².